The molecule has 1 atom stereocenters. The lowest BCUT2D eigenvalue weighted by molar-refractivity contribution is -0.140. The third-order valence-corrected chi connectivity index (χ3v) is 1.91. The Morgan fingerprint density at radius 2 is 2.12 bits per heavy atom. The number of carbonyl (C=O) groups excluding carboxylic acids is 1. The molecule has 0 aromatic carbocycles. The van der Waals surface area contributed by atoms with Gasteiger partial charge >= 0.3 is 11.9 Å². The second-order valence-electron chi connectivity index (χ2n) is 3.17. The Morgan fingerprint density at radius 3 is 2.59 bits per heavy atom. The number of hydrogen-bond acceptors (Lipinski definition) is 5. The Balaban J connectivity index is 2.58. The molecule has 3 N–H and O–H groups in total. The maximum atomic E-state index is 11.4. The molecule has 8 nitrogen and oxygen atoms in total. The number of hydrogen-bond donors (Lipinski definition) is 3. The smallest absolute Gasteiger partial charge is 0.326 e. The standard InChI is InChI=1S/C9H10N2O6/c12-7(13)2-1-5(9(15)16)11-8(14)6-3-4-10-17-6/h3-5H,1-2H2,(H,11,14)(H,12,13)(H,15,16)/t5-/m0/s1. The molecule has 0 saturated carbocycles. The molecule has 0 aliphatic heterocycles. The third kappa shape index (κ3) is 3.93. The van der Waals surface area contributed by atoms with Crippen LogP contribution < -0.4 is 5.32 Å². The summed E-state index contributed by atoms with van der Waals surface area (Å²) in [5.74, 6) is -3.32. The van der Waals surface area contributed by atoms with E-state index < -0.39 is 23.9 Å². The normalized spacial score (nSPS) is 11.8. The Morgan fingerprint density at radius 1 is 1.41 bits per heavy atom. The van der Waals surface area contributed by atoms with E-state index in [9.17, 15) is 14.4 Å². The van der Waals surface area contributed by atoms with E-state index in [1.165, 1.54) is 12.3 Å². The molecule has 1 rings (SSSR count). The van der Waals surface area contributed by atoms with Crippen molar-refractivity contribution in [1.82, 2.24) is 10.5 Å². The molecule has 0 spiro atoms. The molecule has 1 aromatic rings. The first kappa shape index (κ1) is 12.7. The van der Waals surface area contributed by atoms with Crippen molar-refractivity contribution in [3.63, 3.8) is 0 Å². The van der Waals surface area contributed by atoms with E-state index in [-0.39, 0.29) is 18.6 Å². The summed E-state index contributed by atoms with van der Waals surface area (Å²) in [5, 5.41) is 22.6. The van der Waals surface area contributed by atoms with Crippen molar-refractivity contribution in [3.8, 4) is 0 Å². The highest BCUT2D eigenvalue weighted by Crippen LogP contribution is 2.02. The number of carboxylic acids is 2. The van der Waals surface area contributed by atoms with Gasteiger partial charge in [0.05, 0.1) is 6.20 Å². The number of rotatable bonds is 6. The Bertz CT molecular complexity index is 413. The predicted octanol–water partition coefficient (Wildman–Crippen LogP) is -0.278. The van der Waals surface area contributed by atoms with Crippen LogP contribution in [0.15, 0.2) is 16.8 Å². The molecule has 0 radical (unpaired) electrons. The van der Waals surface area contributed by atoms with Gasteiger partial charge in [-0.05, 0) is 6.42 Å². The number of carbonyl (C=O) groups is 3. The second kappa shape index (κ2) is 5.64. The quantitative estimate of drug-likeness (QED) is 0.625. The number of aromatic nitrogens is 1. The van der Waals surface area contributed by atoms with Crippen molar-refractivity contribution in [2.24, 2.45) is 0 Å². The first-order valence-corrected chi connectivity index (χ1v) is 4.67. The fourth-order valence-electron chi connectivity index (χ4n) is 1.09. The molecule has 92 valence electrons. The van der Waals surface area contributed by atoms with Crippen LogP contribution in [0.1, 0.15) is 23.4 Å². The van der Waals surface area contributed by atoms with Gasteiger partial charge in [0.2, 0.25) is 5.76 Å². The van der Waals surface area contributed by atoms with Crippen LogP contribution in [-0.4, -0.2) is 39.3 Å². The molecule has 8 heteroatoms. The summed E-state index contributed by atoms with van der Waals surface area (Å²) >= 11 is 0. The van der Waals surface area contributed by atoms with Crippen molar-refractivity contribution >= 4 is 17.8 Å². The van der Waals surface area contributed by atoms with Gasteiger partial charge in [0.25, 0.3) is 5.91 Å². The van der Waals surface area contributed by atoms with Gasteiger partial charge in [-0.3, -0.25) is 9.59 Å². The summed E-state index contributed by atoms with van der Waals surface area (Å²) in [6.45, 7) is 0. The Hall–Kier alpha value is -2.38. The maximum Gasteiger partial charge on any atom is 0.326 e. The highest BCUT2D eigenvalue weighted by Gasteiger charge is 2.22. The van der Waals surface area contributed by atoms with Crippen molar-refractivity contribution in [2.45, 2.75) is 18.9 Å². The van der Waals surface area contributed by atoms with E-state index in [1.54, 1.807) is 0 Å². The number of amides is 1. The Kier molecular flexibility index (Phi) is 4.21. The largest absolute Gasteiger partial charge is 0.481 e. The number of nitrogens with one attached hydrogen (secondary N) is 1. The lowest BCUT2D eigenvalue weighted by atomic mass is 10.1. The zero-order valence-electron chi connectivity index (χ0n) is 8.62. The van der Waals surface area contributed by atoms with Gasteiger partial charge in [-0.25, -0.2) is 4.79 Å². The molecule has 0 aliphatic rings. The summed E-state index contributed by atoms with van der Waals surface area (Å²) in [7, 11) is 0. The van der Waals surface area contributed by atoms with E-state index in [0.717, 1.165) is 0 Å². The van der Waals surface area contributed by atoms with Crippen LogP contribution in [0, 0.1) is 0 Å². The van der Waals surface area contributed by atoms with Crippen LogP contribution in [0.2, 0.25) is 0 Å². The van der Waals surface area contributed by atoms with Gasteiger partial charge in [0.1, 0.15) is 6.04 Å². The molecule has 0 unspecified atom stereocenters. The van der Waals surface area contributed by atoms with Crippen LogP contribution in [0.5, 0.6) is 0 Å². The number of carboxylic acid groups (broad SMARTS) is 2. The topological polar surface area (TPSA) is 130 Å². The highest BCUT2D eigenvalue weighted by molar-refractivity contribution is 5.94. The maximum absolute atomic E-state index is 11.4. The van der Waals surface area contributed by atoms with Crippen molar-refractivity contribution in [2.75, 3.05) is 0 Å². The van der Waals surface area contributed by atoms with Crippen LogP contribution >= 0.6 is 0 Å². The molecular weight excluding hydrogens is 232 g/mol. The molecule has 0 bridgehead atoms. The molecular formula is C9H10N2O6. The van der Waals surface area contributed by atoms with Gasteiger partial charge < -0.3 is 20.1 Å². The minimum atomic E-state index is -1.31. The molecule has 0 aliphatic carbocycles. The van der Waals surface area contributed by atoms with Gasteiger partial charge in [0.15, 0.2) is 0 Å². The molecule has 1 aromatic heterocycles. The highest BCUT2D eigenvalue weighted by atomic mass is 16.5. The van der Waals surface area contributed by atoms with Crippen molar-refractivity contribution in [3.05, 3.63) is 18.0 Å². The zero-order chi connectivity index (χ0) is 12.8. The molecule has 1 amide bonds. The average molecular weight is 242 g/mol. The summed E-state index contributed by atoms with van der Waals surface area (Å²) in [6.07, 6.45) is 0.681. The molecule has 0 saturated heterocycles. The fraction of sp³-hybridized carbons (Fsp3) is 0.333. The summed E-state index contributed by atoms with van der Waals surface area (Å²) in [5.41, 5.74) is 0. The van der Waals surface area contributed by atoms with Gasteiger partial charge in [0, 0.05) is 12.5 Å². The molecule has 1 heterocycles. The van der Waals surface area contributed by atoms with Gasteiger partial charge in [-0.2, -0.15) is 0 Å². The van der Waals surface area contributed by atoms with E-state index in [1.807, 2.05) is 0 Å². The number of nitrogens with zero attached hydrogens (tertiary/aromatic N) is 1. The summed E-state index contributed by atoms with van der Waals surface area (Å²) in [4.78, 5) is 32.5. The van der Waals surface area contributed by atoms with Crippen LogP contribution in [-0.2, 0) is 9.59 Å². The van der Waals surface area contributed by atoms with Crippen molar-refractivity contribution in [1.29, 1.82) is 0 Å². The average Bonchev–Trinajstić information content (AvgIpc) is 2.76. The van der Waals surface area contributed by atoms with E-state index >= 15 is 0 Å². The Labute approximate surface area is 95.2 Å². The van der Waals surface area contributed by atoms with E-state index in [0.29, 0.717) is 0 Å². The first-order valence-electron chi connectivity index (χ1n) is 4.67. The first-order chi connectivity index (χ1) is 8.00. The van der Waals surface area contributed by atoms with E-state index in [4.69, 9.17) is 10.2 Å². The van der Waals surface area contributed by atoms with Gasteiger partial charge in [-0.1, -0.05) is 5.16 Å². The van der Waals surface area contributed by atoms with E-state index in [2.05, 4.69) is 15.0 Å². The lowest BCUT2D eigenvalue weighted by Crippen LogP contribution is -2.41. The monoisotopic (exact) mass is 242 g/mol. The summed E-state index contributed by atoms with van der Waals surface area (Å²) < 4.78 is 4.53. The molecule has 17 heavy (non-hydrogen) atoms. The third-order valence-electron chi connectivity index (χ3n) is 1.91. The lowest BCUT2D eigenvalue weighted by Gasteiger charge is -2.11. The minimum absolute atomic E-state index is 0.133. The number of aliphatic carboxylic acids is 2. The fourth-order valence-corrected chi connectivity index (χ4v) is 1.09. The van der Waals surface area contributed by atoms with Crippen LogP contribution in [0.3, 0.4) is 0 Å². The van der Waals surface area contributed by atoms with Gasteiger partial charge in [-0.15, -0.1) is 0 Å². The minimum Gasteiger partial charge on any atom is -0.481 e. The summed E-state index contributed by atoms with van der Waals surface area (Å²) in [6, 6.07) is -0.00507. The SMILES string of the molecule is O=C(O)CC[C@H](NC(=O)c1ccno1)C(=O)O. The van der Waals surface area contributed by atoms with Crippen LogP contribution in [0.4, 0.5) is 0 Å². The van der Waals surface area contributed by atoms with Crippen molar-refractivity contribution < 1.29 is 29.1 Å². The second-order valence-corrected chi connectivity index (χ2v) is 3.17. The predicted molar refractivity (Wildman–Crippen MR) is 52.3 cm³/mol. The zero-order valence-corrected chi connectivity index (χ0v) is 8.62. The van der Waals surface area contributed by atoms with Crippen LogP contribution in [0.25, 0.3) is 0 Å². The molecule has 0 fully saturated rings.